The zero-order valence-electron chi connectivity index (χ0n) is 10.9. The van der Waals surface area contributed by atoms with E-state index in [0.29, 0.717) is 0 Å². The van der Waals surface area contributed by atoms with Crippen molar-refractivity contribution in [2.75, 3.05) is 0 Å². The zero-order valence-corrected chi connectivity index (χ0v) is 10.9. The molecule has 1 aromatic carbocycles. The normalized spacial score (nSPS) is 10.7. The second-order valence-electron chi connectivity index (χ2n) is 4.65. The van der Waals surface area contributed by atoms with E-state index in [-0.39, 0.29) is 10.6 Å². The predicted molar refractivity (Wildman–Crippen MR) is 77.3 cm³/mol. The van der Waals surface area contributed by atoms with Crippen LogP contribution in [0.4, 0.5) is 5.69 Å². The molecule has 0 radical (unpaired) electrons. The van der Waals surface area contributed by atoms with Gasteiger partial charge in [-0.05, 0) is 31.4 Å². The third kappa shape index (κ3) is 3.22. The van der Waals surface area contributed by atoms with E-state index in [4.69, 9.17) is 0 Å². The van der Waals surface area contributed by atoms with E-state index < -0.39 is 0 Å². The highest BCUT2D eigenvalue weighted by atomic mass is 16.6. The van der Waals surface area contributed by atoms with Gasteiger partial charge in [0.05, 0.1) is 10.4 Å². The highest BCUT2D eigenvalue weighted by molar-refractivity contribution is 5.82. The van der Waals surface area contributed by atoms with E-state index in [9.17, 15) is 10.1 Å². The number of rotatable bonds is 7. The minimum atomic E-state index is -0.346. The van der Waals surface area contributed by atoms with Crippen LogP contribution in [0.3, 0.4) is 0 Å². The molecule has 0 fully saturated rings. The van der Waals surface area contributed by atoms with Gasteiger partial charge in [-0.3, -0.25) is 10.1 Å². The van der Waals surface area contributed by atoms with E-state index in [1.54, 1.807) is 12.1 Å². The molecule has 0 aliphatic heterocycles. The lowest BCUT2D eigenvalue weighted by molar-refractivity contribution is -0.384. The Morgan fingerprint density at radius 3 is 2.84 bits per heavy atom. The van der Waals surface area contributed by atoms with Crippen LogP contribution in [0.2, 0.25) is 0 Å². The van der Waals surface area contributed by atoms with Crippen molar-refractivity contribution in [2.45, 2.75) is 32.2 Å². The molecule has 0 saturated carbocycles. The highest BCUT2D eigenvalue weighted by Crippen LogP contribution is 2.22. The van der Waals surface area contributed by atoms with E-state index in [0.717, 1.165) is 43.1 Å². The number of aromatic nitrogens is 1. The number of non-ortho nitro benzene ring substituents is 1. The van der Waals surface area contributed by atoms with Crippen molar-refractivity contribution in [3.8, 4) is 0 Å². The van der Waals surface area contributed by atoms with Crippen molar-refractivity contribution in [1.29, 1.82) is 0 Å². The van der Waals surface area contributed by atoms with Crippen LogP contribution in [-0.2, 0) is 6.54 Å². The van der Waals surface area contributed by atoms with Gasteiger partial charge in [0.15, 0.2) is 0 Å². The first kappa shape index (κ1) is 13.3. The average Bonchev–Trinajstić information content (AvgIpc) is 2.81. The second kappa shape index (κ2) is 6.18. The number of allylic oxidation sites excluding steroid dienone is 1. The maximum atomic E-state index is 10.8. The van der Waals surface area contributed by atoms with Gasteiger partial charge in [-0.15, -0.1) is 6.58 Å². The molecule has 0 amide bonds. The summed E-state index contributed by atoms with van der Waals surface area (Å²) in [7, 11) is 0. The topological polar surface area (TPSA) is 48.1 Å². The Kier molecular flexibility index (Phi) is 4.34. The van der Waals surface area contributed by atoms with Gasteiger partial charge < -0.3 is 4.57 Å². The molecule has 0 aliphatic rings. The Hall–Kier alpha value is -2.10. The standard InChI is InChI=1S/C15H18N2O2/c1-2-3-4-5-6-10-16-11-9-13-7-8-14(17(18)19)12-15(13)16/h2,7-9,11-12H,1,3-6,10H2. The van der Waals surface area contributed by atoms with Crippen molar-refractivity contribution in [3.05, 3.63) is 53.2 Å². The number of hydrogen-bond acceptors (Lipinski definition) is 2. The molecule has 0 bridgehead atoms. The van der Waals surface area contributed by atoms with Crippen LogP contribution in [0.1, 0.15) is 25.7 Å². The molecule has 100 valence electrons. The van der Waals surface area contributed by atoms with Gasteiger partial charge in [-0.1, -0.05) is 12.5 Å². The van der Waals surface area contributed by atoms with Crippen molar-refractivity contribution in [3.63, 3.8) is 0 Å². The lowest BCUT2D eigenvalue weighted by atomic mass is 10.2. The molecule has 2 aromatic rings. The fourth-order valence-corrected chi connectivity index (χ4v) is 2.23. The van der Waals surface area contributed by atoms with Gasteiger partial charge in [0, 0.05) is 30.3 Å². The molecule has 0 unspecified atom stereocenters. The van der Waals surface area contributed by atoms with Crippen molar-refractivity contribution in [1.82, 2.24) is 4.57 Å². The van der Waals surface area contributed by atoms with Gasteiger partial charge >= 0.3 is 0 Å². The summed E-state index contributed by atoms with van der Waals surface area (Å²) in [6.07, 6.45) is 8.39. The first-order valence-corrected chi connectivity index (χ1v) is 6.56. The van der Waals surface area contributed by atoms with Crippen LogP contribution in [0.15, 0.2) is 43.1 Å². The Bertz CT molecular complexity index is 587. The summed E-state index contributed by atoms with van der Waals surface area (Å²) in [5.74, 6) is 0. The molecule has 0 atom stereocenters. The number of nitro benzene ring substituents is 1. The summed E-state index contributed by atoms with van der Waals surface area (Å²) < 4.78 is 2.09. The van der Waals surface area contributed by atoms with Gasteiger partial charge in [-0.25, -0.2) is 0 Å². The molecule has 0 saturated heterocycles. The molecule has 19 heavy (non-hydrogen) atoms. The summed E-state index contributed by atoms with van der Waals surface area (Å²) >= 11 is 0. The summed E-state index contributed by atoms with van der Waals surface area (Å²) in [5, 5.41) is 11.8. The van der Waals surface area contributed by atoms with Gasteiger partial charge in [0.2, 0.25) is 0 Å². The lowest BCUT2D eigenvalue weighted by Gasteiger charge is -2.05. The summed E-state index contributed by atoms with van der Waals surface area (Å²) in [6.45, 7) is 4.61. The third-order valence-electron chi connectivity index (χ3n) is 3.28. The average molecular weight is 258 g/mol. The fourth-order valence-electron chi connectivity index (χ4n) is 2.23. The maximum Gasteiger partial charge on any atom is 0.271 e. The molecule has 4 nitrogen and oxygen atoms in total. The number of nitrogens with zero attached hydrogens (tertiary/aromatic N) is 2. The van der Waals surface area contributed by atoms with Crippen molar-refractivity contribution in [2.24, 2.45) is 0 Å². The number of benzene rings is 1. The first-order valence-electron chi connectivity index (χ1n) is 6.56. The second-order valence-corrected chi connectivity index (χ2v) is 4.65. The van der Waals surface area contributed by atoms with E-state index in [2.05, 4.69) is 11.1 Å². The monoisotopic (exact) mass is 258 g/mol. The molecule has 0 aliphatic carbocycles. The third-order valence-corrected chi connectivity index (χ3v) is 3.28. The van der Waals surface area contributed by atoms with Gasteiger partial charge in [-0.2, -0.15) is 0 Å². The molecule has 1 heterocycles. The largest absolute Gasteiger partial charge is 0.347 e. The van der Waals surface area contributed by atoms with Crippen LogP contribution in [0.5, 0.6) is 0 Å². The SMILES string of the molecule is C=CCCCCCn1ccc2ccc([N+](=O)[O-])cc21. The minimum Gasteiger partial charge on any atom is -0.347 e. The smallest absolute Gasteiger partial charge is 0.271 e. The van der Waals surface area contributed by atoms with Crippen LogP contribution in [0, 0.1) is 10.1 Å². The van der Waals surface area contributed by atoms with E-state index in [1.165, 1.54) is 0 Å². The van der Waals surface area contributed by atoms with Crippen LogP contribution in [0.25, 0.3) is 10.9 Å². The summed E-state index contributed by atoms with van der Waals surface area (Å²) in [5.41, 5.74) is 1.09. The molecule has 0 spiro atoms. The van der Waals surface area contributed by atoms with E-state index >= 15 is 0 Å². The highest BCUT2D eigenvalue weighted by Gasteiger charge is 2.08. The van der Waals surface area contributed by atoms with Crippen molar-refractivity contribution >= 4 is 16.6 Å². The van der Waals surface area contributed by atoms with Crippen molar-refractivity contribution < 1.29 is 4.92 Å². The Labute approximate surface area is 112 Å². The Morgan fingerprint density at radius 2 is 2.11 bits per heavy atom. The molecule has 4 heteroatoms. The summed E-state index contributed by atoms with van der Waals surface area (Å²) in [4.78, 5) is 10.5. The Balaban J connectivity index is 2.08. The molecular weight excluding hydrogens is 240 g/mol. The summed E-state index contributed by atoms with van der Waals surface area (Å²) in [6, 6.07) is 7.01. The number of nitro groups is 1. The quantitative estimate of drug-likeness (QED) is 0.322. The van der Waals surface area contributed by atoms with Gasteiger partial charge in [0.25, 0.3) is 5.69 Å². The van der Waals surface area contributed by atoms with E-state index in [1.807, 2.05) is 24.4 Å². The van der Waals surface area contributed by atoms with Gasteiger partial charge in [0.1, 0.15) is 0 Å². The maximum absolute atomic E-state index is 10.8. The molecule has 2 rings (SSSR count). The molecule has 1 aromatic heterocycles. The van der Waals surface area contributed by atoms with Crippen LogP contribution < -0.4 is 0 Å². The van der Waals surface area contributed by atoms with Crippen LogP contribution >= 0.6 is 0 Å². The van der Waals surface area contributed by atoms with Crippen LogP contribution in [-0.4, -0.2) is 9.49 Å². The molecule has 0 N–H and O–H groups in total. The molecular formula is C15H18N2O2. The Morgan fingerprint density at radius 1 is 1.26 bits per heavy atom. The number of unbranched alkanes of at least 4 members (excludes halogenated alkanes) is 3. The fraction of sp³-hybridized carbons (Fsp3) is 0.333. The zero-order chi connectivity index (χ0) is 13.7. The first-order chi connectivity index (χ1) is 9.22. The number of aryl methyl sites for hydroxylation is 1. The lowest BCUT2D eigenvalue weighted by Crippen LogP contribution is -1.96. The minimum absolute atomic E-state index is 0.152. The predicted octanol–water partition coefficient (Wildman–Crippen LogP) is 4.30. The number of hydrogen-bond donors (Lipinski definition) is 0. The number of fused-ring (bicyclic) bond motifs is 1.